The molecule has 0 spiro atoms. The van der Waals surface area contributed by atoms with E-state index in [-0.39, 0.29) is 0 Å². The number of methoxy groups -OCH3 is 1. The van der Waals surface area contributed by atoms with E-state index in [0.29, 0.717) is 13.2 Å². The largest absolute Gasteiger partial charge is 0.389 e. The summed E-state index contributed by atoms with van der Waals surface area (Å²) in [5, 5.41) is 14.6. The Hall–Kier alpha value is -1.24. The van der Waals surface area contributed by atoms with Crippen molar-refractivity contribution in [1.29, 1.82) is 0 Å². The normalized spacial score (nSPS) is 12.9. The van der Waals surface area contributed by atoms with E-state index in [9.17, 15) is 5.11 Å². The maximum absolute atomic E-state index is 9.51. The molecule has 16 heavy (non-hydrogen) atoms. The van der Waals surface area contributed by atoms with Crippen LogP contribution in [0.15, 0.2) is 17.8 Å². The molecule has 0 bridgehead atoms. The van der Waals surface area contributed by atoms with Crippen molar-refractivity contribution < 1.29 is 9.84 Å². The van der Waals surface area contributed by atoms with E-state index in [2.05, 4.69) is 15.3 Å². The number of aromatic nitrogens is 2. The molecule has 0 fully saturated rings. The molecule has 2 N–H and O–H groups in total. The average Bonchev–Trinajstić information content (AvgIpc) is 2.75. The van der Waals surface area contributed by atoms with Gasteiger partial charge in [0.2, 0.25) is 0 Å². The minimum absolute atomic E-state index is 0.311. The molecule has 5 nitrogen and oxygen atoms in total. The Balaban J connectivity index is 2.06. The molecule has 0 aliphatic carbocycles. The minimum atomic E-state index is -0.532. The summed E-state index contributed by atoms with van der Waals surface area (Å²) >= 11 is 1.58. The molecule has 0 amide bonds. The lowest BCUT2D eigenvalue weighted by atomic mass is 10.3. The number of hydrogen-bond donors (Lipinski definition) is 2. The van der Waals surface area contributed by atoms with Gasteiger partial charge < -0.3 is 15.2 Å². The van der Waals surface area contributed by atoms with Gasteiger partial charge in [-0.1, -0.05) is 0 Å². The summed E-state index contributed by atoms with van der Waals surface area (Å²) in [6.07, 6.45) is 0.982. The van der Waals surface area contributed by atoms with Gasteiger partial charge in [0.05, 0.1) is 22.9 Å². The summed E-state index contributed by atoms with van der Waals surface area (Å²) < 4.78 is 5.85. The predicted molar refractivity (Wildman–Crippen MR) is 63.8 cm³/mol. The Morgan fingerprint density at radius 1 is 1.56 bits per heavy atom. The number of fused-ring (bicyclic) bond motifs is 1. The van der Waals surface area contributed by atoms with Crippen LogP contribution in [0.25, 0.3) is 10.2 Å². The van der Waals surface area contributed by atoms with E-state index < -0.39 is 6.10 Å². The first-order valence-corrected chi connectivity index (χ1v) is 5.78. The van der Waals surface area contributed by atoms with E-state index in [1.807, 2.05) is 11.4 Å². The van der Waals surface area contributed by atoms with Gasteiger partial charge in [0.25, 0.3) is 0 Å². The zero-order valence-corrected chi connectivity index (χ0v) is 9.70. The minimum Gasteiger partial charge on any atom is -0.389 e. The topological polar surface area (TPSA) is 67.3 Å². The van der Waals surface area contributed by atoms with Crippen molar-refractivity contribution in [3.8, 4) is 0 Å². The molecule has 0 aromatic carbocycles. The van der Waals surface area contributed by atoms with Gasteiger partial charge in [-0.25, -0.2) is 9.97 Å². The molecule has 2 rings (SSSR count). The van der Waals surface area contributed by atoms with Crippen molar-refractivity contribution in [2.75, 3.05) is 25.6 Å². The molecular formula is C10H13N3O2S. The highest BCUT2D eigenvalue weighted by Gasteiger charge is 2.07. The van der Waals surface area contributed by atoms with E-state index >= 15 is 0 Å². The second-order valence-corrected chi connectivity index (χ2v) is 4.26. The number of aliphatic hydroxyl groups excluding tert-OH is 1. The lowest BCUT2D eigenvalue weighted by Gasteiger charge is -2.11. The van der Waals surface area contributed by atoms with Gasteiger partial charge in [-0.05, 0) is 11.4 Å². The van der Waals surface area contributed by atoms with Crippen molar-refractivity contribution in [3.63, 3.8) is 0 Å². The molecule has 1 unspecified atom stereocenters. The molecule has 2 heterocycles. The highest BCUT2D eigenvalue weighted by molar-refractivity contribution is 7.17. The fraction of sp³-hybridized carbons (Fsp3) is 0.400. The molecule has 2 aromatic heterocycles. The zero-order valence-electron chi connectivity index (χ0n) is 8.88. The molecular weight excluding hydrogens is 226 g/mol. The summed E-state index contributed by atoms with van der Waals surface area (Å²) in [6.45, 7) is 0.726. The van der Waals surface area contributed by atoms with Crippen molar-refractivity contribution in [2.24, 2.45) is 0 Å². The molecule has 0 saturated heterocycles. The van der Waals surface area contributed by atoms with Crippen LogP contribution in [-0.2, 0) is 4.74 Å². The van der Waals surface area contributed by atoms with E-state index in [1.165, 1.54) is 6.33 Å². The van der Waals surface area contributed by atoms with Crippen LogP contribution in [0.1, 0.15) is 0 Å². The molecule has 86 valence electrons. The van der Waals surface area contributed by atoms with Crippen molar-refractivity contribution in [3.05, 3.63) is 17.8 Å². The highest BCUT2D eigenvalue weighted by Crippen LogP contribution is 2.24. The number of nitrogens with one attached hydrogen (secondary N) is 1. The van der Waals surface area contributed by atoms with Crippen LogP contribution >= 0.6 is 11.3 Å². The van der Waals surface area contributed by atoms with Gasteiger partial charge in [0.15, 0.2) is 0 Å². The average molecular weight is 239 g/mol. The van der Waals surface area contributed by atoms with Crippen LogP contribution < -0.4 is 5.32 Å². The number of rotatable bonds is 5. The first kappa shape index (κ1) is 11.3. The van der Waals surface area contributed by atoms with Crippen LogP contribution in [0.5, 0.6) is 0 Å². The third-order valence-electron chi connectivity index (χ3n) is 2.11. The van der Waals surface area contributed by atoms with Crippen LogP contribution in [0.2, 0.25) is 0 Å². The van der Waals surface area contributed by atoms with Crippen LogP contribution in [-0.4, -0.2) is 41.4 Å². The Morgan fingerprint density at radius 2 is 2.44 bits per heavy atom. The Labute approximate surface area is 97.1 Å². The molecule has 0 aliphatic heterocycles. The first-order chi connectivity index (χ1) is 7.81. The molecule has 1 atom stereocenters. The molecule has 0 aliphatic rings. The lowest BCUT2D eigenvalue weighted by molar-refractivity contribution is 0.0727. The number of nitrogens with zero attached hydrogens (tertiary/aromatic N) is 2. The lowest BCUT2D eigenvalue weighted by Crippen LogP contribution is -2.24. The maximum atomic E-state index is 9.51. The Kier molecular flexibility index (Phi) is 3.66. The number of aliphatic hydroxyl groups is 1. The molecule has 0 radical (unpaired) electrons. The number of ether oxygens (including phenoxy) is 1. The summed E-state index contributed by atoms with van der Waals surface area (Å²) in [5.41, 5.74) is 0.920. The van der Waals surface area contributed by atoms with Crippen LogP contribution in [0.4, 0.5) is 5.82 Å². The molecule has 2 aromatic rings. The van der Waals surface area contributed by atoms with Gasteiger partial charge in [-0.2, -0.15) is 0 Å². The highest BCUT2D eigenvalue weighted by atomic mass is 32.1. The number of anilines is 1. The standard InChI is InChI=1S/C10H13N3O2S/c1-15-5-7(14)4-11-10-9-8(2-3-16-9)12-6-13-10/h2-3,6-7,14H,4-5H2,1H3,(H,11,12,13). The third-order valence-corrected chi connectivity index (χ3v) is 3.02. The summed E-state index contributed by atoms with van der Waals surface area (Å²) in [5.74, 6) is 0.759. The summed E-state index contributed by atoms with van der Waals surface area (Å²) in [6, 6.07) is 1.94. The van der Waals surface area contributed by atoms with Crippen molar-refractivity contribution >= 4 is 27.4 Å². The fourth-order valence-corrected chi connectivity index (χ4v) is 2.19. The van der Waals surface area contributed by atoms with Gasteiger partial charge >= 0.3 is 0 Å². The zero-order chi connectivity index (χ0) is 11.4. The SMILES string of the molecule is COCC(O)CNc1ncnc2ccsc12. The van der Waals surface area contributed by atoms with Crippen LogP contribution in [0.3, 0.4) is 0 Å². The van der Waals surface area contributed by atoms with Gasteiger partial charge in [-0.15, -0.1) is 11.3 Å². The van der Waals surface area contributed by atoms with Gasteiger partial charge in [-0.3, -0.25) is 0 Å². The summed E-state index contributed by atoms with van der Waals surface area (Å²) in [7, 11) is 1.56. The monoisotopic (exact) mass is 239 g/mol. The van der Waals surface area contributed by atoms with Crippen molar-refractivity contribution in [1.82, 2.24) is 9.97 Å². The fourth-order valence-electron chi connectivity index (χ4n) is 1.38. The van der Waals surface area contributed by atoms with E-state index in [0.717, 1.165) is 16.0 Å². The second-order valence-electron chi connectivity index (χ2n) is 3.35. The Morgan fingerprint density at radius 3 is 3.25 bits per heavy atom. The first-order valence-electron chi connectivity index (χ1n) is 4.90. The maximum Gasteiger partial charge on any atom is 0.147 e. The van der Waals surface area contributed by atoms with E-state index in [4.69, 9.17) is 4.74 Å². The van der Waals surface area contributed by atoms with Gasteiger partial charge in [0, 0.05) is 13.7 Å². The summed E-state index contributed by atoms with van der Waals surface area (Å²) in [4.78, 5) is 8.28. The number of thiophene rings is 1. The Bertz CT molecular complexity index is 460. The quantitative estimate of drug-likeness (QED) is 0.818. The van der Waals surface area contributed by atoms with Crippen LogP contribution in [0, 0.1) is 0 Å². The van der Waals surface area contributed by atoms with Crippen molar-refractivity contribution in [2.45, 2.75) is 6.10 Å². The molecule has 6 heteroatoms. The van der Waals surface area contributed by atoms with E-state index in [1.54, 1.807) is 18.4 Å². The van der Waals surface area contributed by atoms with Gasteiger partial charge in [0.1, 0.15) is 12.1 Å². The number of hydrogen-bond acceptors (Lipinski definition) is 6. The smallest absolute Gasteiger partial charge is 0.147 e. The third kappa shape index (κ3) is 2.46. The molecule has 0 saturated carbocycles. The predicted octanol–water partition coefficient (Wildman–Crippen LogP) is 1.11. The second kappa shape index (κ2) is 5.20.